The number of hydrogen-bond acceptors (Lipinski definition) is 3. The van der Waals surface area contributed by atoms with E-state index in [2.05, 4.69) is 69.0 Å². The molecule has 0 bridgehead atoms. The number of fused-ring (bicyclic) bond motifs is 1. The van der Waals surface area contributed by atoms with Crippen molar-refractivity contribution in [1.82, 2.24) is 20.6 Å². The minimum atomic E-state index is 0. The molecule has 0 saturated carbocycles. The van der Waals surface area contributed by atoms with Crippen LogP contribution in [0.5, 0.6) is 5.75 Å². The van der Waals surface area contributed by atoms with Crippen molar-refractivity contribution in [3.63, 3.8) is 0 Å². The molecule has 7 heteroatoms. The molecule has 33 heavy (non-hydrogen) atoms. The van der Waals surface area contributed by atoms with Gasteiger partial charge in [-0.1, -0.05) is 30.3 Å². The van der Waals surface area contributed by atoms with E-state index in [9.17, 15) is 0 Å². The Kier molecular flexibility index (Phi) is 9.12. The first-order valence-electron chi connectivity index (χ1n) is 10.8. The predicted molar refractivity (Wildman–Crippen MR) is 145 cm³/mol. The zero-order valence-corrected chi connectivity index (χ0v) is 21.3. The molecule has 0 unspecified atom stereocenters. The third-order valence-electron chi connectivity index (χ3n) is 5.33. The van der Waals surface area contributed by atoms with Crippen molar-refractivity contribution in [3.05, 3.63) is 95.4 Å². The normalized spacial score (nSPS) is 11.2. The summed E-state index contributed by atoms with van der Waals surface area (Å²) < 4.78 is 5.80. The van der Waals surface area contributed by atoms with E-state index < -0.39 is 0 Å². The Labute approximate surface area is 211 Å². The number of aromatic nitrogens is 2. The second kappa shape index (κ2) is 12.2. The summed E-state index contributed by atoms with van der Waals surface area (Å²) in [4.78, 5) is 12.0. The number of aromatic amines is 1. The molecule has 0 spiro atoms. The highest BCUT2D eigenvalue weighted by atomic mass is 127. The molecule has 0 atom stereocenters. The van der Waals surface area contributed by atoms with E-state index in [1.807, 2.05) is 30.3 Å². The van der Waals surface area contributed by atoms with Gasteiger partial charge in [-0.15, -0.1) is 24.0 Å². The zero-order chi connectivity index (χ0) is 22.2. The third kappa shape index (κ3) is 6.95. The van der Waals surface area contributed by atoms with Gasteiger partial charge in [0.1, 0.15) is 12.4 Å². The number of pyridine rings is 1. The Morgan fingerprint density at radius 1 is 1.06 bits per heavy atom. The molecule has 3 N–H and O–H groups in total. The molecule has 6 nitrogen and oxygen atoms in total. The number of rotatable bonds is 8. The number of aliphatic imine (C=N–C) groups is 1. The van der Waals surface area contributed by atoms with Crippen molar-refractivity contribution in [2.45, 2.75) is 26.5 Å². The molecule has 0 aliphatic rings. The number of nitrogens with one attached hydrogen (secondary N) is 3. The first-order chi connectivity index (χ1) is 15.7. The van der Waals surface area contributed by atoms with Gasteiger partial charge >= 0.3 is 0 Å². The first-order valence-corrected chi connectivity index (χ1v) is 10.8. The predicted octanol–water partition coefficient (Wildman–Crippen LogP) is 4.98. The minimum Gasteiger partial charge on any atom is -0.487 e. The van der Waals surface area contributed by atoms with Gasteiger partial charge in [-0.2, -0.15) is 0 Å². The lowest BCUT2D eigenvalue weighted by atomic mass is 10.1. The van der Waals surface area contributed by atoms with Crippen LogP contribution in [0.25, 0.3) is 10.9 Å². The van der Waals surface area contributed by atoms with Crippen LogP contribution in [0.4, 0.5) is 0 Å². The van der Waals surface area contributed by atoms with Gasteiger partial charge in [-0.25, -0.2) is 0 Å². The fraction of sp³-hybridized carbons (Fsp3) is 0.231. The van der Waals surface area contributed by atoms with E-state index >= 15 is 0 Å². The lowest BCUT2D eigenvalue weighted by Gasteiger charge is -2.12. The van der Waals surface area contributed by atoms with Crippen molar-refractivity contribution in [3.8, 4) is 5.75 Å². The number of halogens is 1. The van der Waals surface area contributed by atoms with Crippen molar-refractivity contribution < 1.29 is 4.74 Å². The molecular weight excluding hydrogens is 525 g/mol. The van der Waals surface area contributed by atoms with E-state index in [4.69, 9.17) is 4.74 Å². The summed E-state index contributed by atoms with van der Waals surface area (Å²) in [7, 11) is 1.79. The molecule has 172 valence electrons. The van der Waals surface area contributed by atoms with Crippen LogP contribution in [0.1, 0.15) is 22.4 Å². The van der Waals surface area contributed by atoms with Crippen molar-refractivity contribution >= 4 is 40.8 Å². The van der Waals surface area contributed by atoms with Crippen LogP contribution in [-0.4, -0.2) is 29.5 Å². The molecule has 0 aliphatic carbocycles. The SMILES string of the molecule is CN=C(NCCc1c[nH]c2cc(C)ccc12)NCc1ccc(OCc2ccccn2)cc1.I. The molecule has 2 aromatic carbocycles. The van der Waals surface area contributed by atoms with Crippen LogP contribution in [0.3, 0.4) is 0 Å². The van der Waals surface area contributed by atoms with Crippen LogP contribution >= 0.6 is 24.0 Å². The number of ether oxygens (including phenoxy) is 1. The molecule has 2 aromatic heterocycles. The molecule has 0 fully saturated rings. The van der Waals surface area contributed by atoms with Gasteiger partial charge in [0.05, 0.1) is 5.69 Å². The van der Waals surface area contributed by atoms with Gasteiger partial charge in [-0.3, -0.25) is 9.98 Å². The van der Waals surface area contributed by atoms with E-state index in [1.165, 1.54) is 22.0 Å². The summed E-state index contributed by atoms with van der Waals surface area (Å²) in [6, 6.07) is 20.4. The highest BCUT2D eigenvalue weighted by Gasteiger charge is 2.05. The largest absolute Gasteiger partial charge is 0.487 e. The number of benzene rings is 2. The lowest BCUT2D eigenvalue weighted by Crippen LogP contribution is -2.37. The number of hydrogen-bond donors (Lipinski definition) is 3. The van der Waals surface area contributed by atoms with Gasteiger partial charge in [0.25, 0.3) is 0 Å². The van der Waals surface area contributed by atoms with Crippen LogP contribution in [0.15, 0.2) is 78.0 Å². The van der Waals surface area contributed by atoms with Crippen molar-refractivity contribution in [2.24, 2.45) is 4.99 Å². The second-order valence-corrected chi connectivity index (χ2v) is 7.72. The van der Waals surface area contributed by atoms with Gasteiger partial charge < -0.3 is 20.4 Å². The second-order valence-electron chi connectivity index (χ2n) is 7.72. The fourth-order valence-electron chi connectivity index (χ4n) is 3.57. The average molecular weight is 555 g/mol. The number of H-pyrrole nitrogens is 1. The maximum Gasteiger partial charge on any atom is 0.191 e. The summed E-state index contributed by atoms with van der Waals surface area (Å²) in [5, 5.41) is 8.05. The van der Waals surface area contributed by atoms with Crippen molar-refractivity contribution in [1.29, 1.82) is 0 Å². The van der Waals surface area contributed by atoms with Gasteiger partial charge in [-0.05, 0) is 60.4 Å². The molecule has 0 saturated heterocycles. The Balaban J connectivity index is 0.00000306. The van der Waals surface area contributed by atoms with E-state index in [0.29, 0.717) is 13.2 Å². The highest BCUT2D eigenvalue weighted by Crippen LogP contribution is 2.19. The summed E-state index contributed by atoms with van der Waals surface area (Å²) in [6.07, 6.45) is 4.79. The molecule has 2 heterocycles. The monoisotopic (exact) mass is 555 g/mol. The first kappa shape index (κ1) is 24.6. The summed E-state index contributed by atoms with van der Waals surface area (Å²) in [5.41, 5.74) is 5.83. The van der Waals surface area contributed by atoms with E-state index in [0.717, 1.165) is 35.9 Å². The highest BCUT2D eigenvalue weighted by molar-refractivity contribution is 14.0. The topological polar surface area (TPSA) is 74.3 Å². The Morgan fingerprint density at radius 3 is 2.67 bits per heavy atom. The molecular formula is C26H30IN5O. The Morgan fingerprint density at radius 2 is 1.91 bits per heavy atom. The van der Waals surface area contributed by atoms with Crippen LogP contribution in [0.2, 0.25) is 0 Å². The number of aryl methyl sites for hydroxylation is 1. The third-order valence-corrected chi connectivity index (χ3v) is 5.33. The minimum absolute atomic E-state index is 0. The van der Waals surface area contributed by atoms with Crippen molar-refractivity contribution in [2.75, 3.05) is 13.6 Å². The molecule has 0 aliphatic heterocycles. The molecule has 0 amide bonds. The summed E-state index contributed by atoms with van der Waals surface area (Å²) in [5.74, 6) is 1.62. The lowest BCUT2D eigenvalue weighted by molar-refractivity contribution is 0.301. The quantitative estimate of drug-likeness (QED) is 0.163. The molecule has 0 radical (unpaired) electrons. The summed E-state index contributed by atoms with van der Waals surface area (Å²) in [6.45, 7) is 4.07. The van der Waals surface area contributed by atoms with Gasteiger partial charge in [0, 0.05) is 43.4 Å². The average Bonchev–Trinajstić information content (AvgIpc) is 3.23. The van der Waals surface area contributed by atoms with Crippen LogP contribution < -0.4 is 15.4 Å². The van der Waals surface area contributed by atoms with E-state index in [-0.39, 0.29) is 24.0 Å². The standard InChI is InChI=1S/C26H29N5O.HI/c1-19-6-11-24-21(17-30-25(24)15-19)12-14-29-26(27-2)31-16-20-7-9-23(10-8-20)32-18-22-5-3-4-13-28-22;/h3-11,13,15,17,30H,12,14,16,18H2,1-2H3,(H2,27,29,31);1H. The van der Waals surface area contributed by atoms with Crippen LogP contribution in [0, 0.1) is 6.92 Å². The fourth-order valence-corrected chi connectivity index (χ4v) is 3.57. The van der Waals surface area contributed by atoms with E-state index in [1.54, 1.807) is 13.2 Å². The molecule has 4 rings (SSSR count). The van der Waals surface area contributed by atoms with Crippen LogP contribution in [-0.2, 0) is 19.6 Å². The van der Waals surface area contributed by atoms with Gasteiger partial charge in [0.15, 0.2) is 5.96 Å². The maximum absolute atomic E-state index is 5.80. The summed E-state index contributed by atoms with van der Waals surface area (Å²) >= 11 is 0. The smallest absolute Gasteiger partial charge is 0.191 e. The van der Waals surface area contributed by atoms with Gasteiger partial charge in [0.2, 0.25) is 0 Å². The number of guanidine groups is 1. The maximum atomic E-state index is 5.80. The molecule has 4 aromatic rings. The zero-order valence-electron chi connectivity index (χ0n) is 19.0. The Hall–Kier alpha value is -3.07. The number of nitrogens with zero attached hydrogens (tertiary/aromatic N) is 2. The Bertz CT molecular complexity index is 1170.